The molecule has 0 spiro atoms. The van der Waals surface area contributed by atoms with Gasteiger partial charge in [-0.25, -0.2) is 4.79 Å². The second-order valence-corrected chi connectivity index (χ2v) is 5.77. The van der Waals surface area contributed by atoms with Gasteiger partial charge in [-0.05, 0) is 44.5 Å². The zero-order valence-electron chi connectivity index (χ0n) is 13.7. The molecule has 0 bridgehead atoms. The molecule has 0 unspecified atom stereocenters. The number of hydrogen-bond donors (Lipinski definition) is 0. The normalized spacial score (nSPS) is 11.2. The van der Waals surface area contributed by atoms with Crippen molar-refractivity contribution in [3.8, 4) is 11.1 Å². The zero-order chi connectivity index (χ0) is 16.6. The van der Waals surface area contributed by atoms with Gasteiger partial charge in [-0.1, -0.05) is 6.07 Å². The van der Waals surface area contributed by atoms with Crippen LogP contribution in [0.15, 0.2) is 36.7 Å². The molecule has 1 aromatic carbocycles. The monoisotopic (exact) mass is 309 g/mol. The third-order valence-corrected chi connectivity index (χ3v) is 3.87. The van der Waals surface area contributed by atoms with Gasteiger partial charge in [0.2, 0.25) is 0 Å². The SMILES string of the molecule is COC(=O)c1cc(-c2cccnc2)cc2c1c(C)nn2C(C)C. The number of aryl methyl sites for hydroxylation is 1. The van der Waals surface area contributed by atoms with Crippen molar-refractivity contribution < 1.29 is 9.53 Å². The summed E-state index contributed by atoms with van der Waals surface area (Å²) in [6, 6.07) is 7.95. The van der Waals surface area contributed by atoms with Crippen LogP contribution in [0.2, 0.25) is 0 Å². The average Bonchev–Trinajstić information content (AvgIpc) is 2.91. The summed E-state index contributed by atoms with van der Waals surface area (Å²) in [5.41, 5.74) is 4.17. The summed E-state index contributed by atoms with van der Waals surface area (Å²) in [6.07, 6.45) is 3.51. The molecule has 0 radical (unpaired) electrons. The van der Waals surface area contributed by atoms with Gasteiger partial charge < -0.3 is 4.74 Å². The molecule has 2 aromatic heterocycles. The molecule has 0 saturated heterocycles. The van der Waals surface area contributed by atoms with Gasteiger partial charge >= 0.3 is 5.97 Å². The van der Waals surface area contributed by atoms with E-state index in [9.17, 15) is 4.79 Å². The van der Waals surface area contributed by atoms with Crippen LogP contribution in [-0.2, 0) is 4.74 Å². The van der Waals surface area contributed by atoms with Gasteiger partial charge in [0.15, 0.2) is 0 Å². The van der Waals surface area contributed by atoms with E-state index < -0.39 is 0 Å². The fourth-order valence-electron chi connectivity index (χ4n) is 2.82. The highest BCUT2D eigenvalue weighted by Gasteiger charge is 2.20. The van der Waals surface area contributed by atoms with E-state index in [-0.39, 0.29) is 12.0 Å². The summed E-state index contributed by atoms with van der Waals surface area (Å²) in [5.74, 6) is -0.354. The number of rotatable bonds is 3. The third-order valence-electron chi connectivity index (χ3n) is 3.87. The third kappa shape index (κ3) is 2.59. The number of carbonyl (C=O) groups excluding carboxylic acids is 1. The molecule has 2 heterocycles. The second kappa shape index (κ2) is 5.83. The lowest BCUT2D eigenvalue weighted by Gasteiger charge is -2.10. The lowest BCUT2D eigenvalue weighted by atomic mass is 10.00. The molecule has 0 amide bonds. The number of aromatic nitrogens is 3. The molecule has 3 rings (SSSR count). The van der Waals surface area contributed by atoms with E-state index in [1.54, 1.807) is 12.4 Å². The van der Waals surface area contributed by atoms with Crippen LogP contribution in [0.25, 0.3) is 22.0 Å². The van der Waals surface area contributed by atoms with Gasteiger partial charge in [0.25, 0.3) is 0 Å². The summed E-state index contributed by atoms with van der Waals surface area (Å²) in [6.45, 7) is 6.05. The molecular formula is C18H19N3O2. The molecule has 118 valence electrons. The van der Waals surface area contributed by atoms with Crippen LogP contribution in [-0.4, -0.2) is 27.8 Å². The summed E-state index contributed by atoms with van der Waals surface area (Å²) in [5, 5.41) is 5.44. The quantitative estimate of drug-likeness (QED) is 0.691. The van der Waals surface area contributed by atoms with Crippen molar-refractivity contribution in [2.75, 3.05) is 7.11 Å². The number of pyridine rings is 1. The van der Waals surface area contributed by atoms with Crippen molar-refractivity contribution in [2.45, 2.75) is 26.8 Å². The van der Waals surface area contributed by atoms with Crippen molar-refractivity contribution >= 4 is 16.9 Å². The Morgan fingerprint density at radius 3 is 2.65 bits per heavy atom. The highest BCUT2D eigenvalue weighted by molar-refractivity contribution is 6.06. The second-order valence-electron chi connectivity index (χ2n) is 5.77. The standard InChI is InChI=1S/C18H19N3O2/c1-11(2)21-16-9-14(13-6-5-7-19-10-13)8-15(18(22)23-4)17(16)12(3)20-21/h5-11H,1-4H3. The van der Waals surface area contributed by atoms with Crippen LogP contribution in [0.1, 0.15) is 35.9 Å². The van der Waals surface area contributed by atoms with Crippen molar-refractivity contribution in [3.63, 3.8) is 0 Å². The molecule has 0 aliphatic rings. The number of nitrogens with zero attached hydrogens (tertiary/aromatic N) is 3. The van der Waals surface area contributed by atoms with E-state index in [4.69, 9.17) is 4.74 Å². The maximum absolute atomic E-state index is 12.3. The minimum Gasteiger partial charge on any atom is -0.465 e. The molecule has 23 heavy (non-hydrogen) atoms. The Balaban J connectivity index is 2.36. The highest BCUT2D eigenvalue weighted by atomic mass is 16.5. The fourth-order valence-corrected chi connectivity index (χ4v) is 2.82. The summed E-state index contributed by atoms with van der Waals surface area (Å²) >= 11 is 0. The number of ether oxygens (including phenoxy) is 1. The van der Waals surface area contributed by atoms with Crippen LogP contribution < -0.4 is 0 Å². The van der Waals surface area contributed by atoms with Gasteiger partial charge in [0.05, 0.1) is 23.9 Å². The first kappa shape index (κ1) is 15.2. The molecule has 0 atom stereocenters. The molecule has 0 aliphatic heterocycles. The molecule has 0 fully saturated rings. The minimum atomic E-state index is -0.354. The van der Waals surface area contributed by atoms with E-state index in [0.717, 1.165) is 27.7 Å². The number of esters is 1. The van der Waals surface area contributed by atoms with E-state index in [1.807, 2.05) is 29.8 Å². The first-order chi connectivity index (χ1) is 11.0. The van der Waals surface area contributed by atoms with Gasteiger partial charge in [-0.2, -0.15) is 5.10 Å². The fraction of sp³-hybridized carbons (Fsp3) is 0.278. The molecule has 5 nitrogen and oxygen atoms in total. The van der Waals surface area contributed by atoms with Gasteiger partial charge in [-0.15, -0.1) is 0 Å². The average molecular weight is 309 g/mol. The van der Waals surface area contributed by atoms with Crippen molar-refractivity contribution in [1.29, 1.82) is 0 Å². The first-order valence-corrected chi connectivity index (χ1v) is 7.54. The Morgan fingerprint density at radius 2 is 2.04 bits per heavy atom. The van der Waals surface area contributed by atoms with E-state index in [1.165, 1.54) is 7.11 Å². The number of benzene rings is 1. The lowest BCUT2D eigenvalue weighted by molar-refractivity contribution is 0.0603. The molecule has 0 N–H and O–H groups in total. The largest absolute Gasteiger partial charge is 0.465 e. The predicted octanol–water partition coefficient (Wildman–Crippen LogP) is 3.77. The van der Waals surface area contributed by atoms with Gasteiger partial charge in [0, 0.05) is 29.4 Å². The van der Waals surface area contributed by atoms with Crippen molar-refractivity contribution in [3.05, 3.63) is 47.9 Å². The Morgan fingerprint density at radius 1 is 1.26 bits per heavy atom. The summed E-state index contributed by atoms with van der Waals surface area (Å²) < 4.78 is 6.91. The molecule has 0 aliphatic carbocycles. The summed E-state index contributed by atoms with van der Waals surface area (Å²) in [7, 11) is 1.40. The molecule has 3 aromatic rings. The molecular weight excluding hydrogens is 290 g/mol. The molecule has 5 heteroatoms. The van der Waals surface area contributed by atoms with Crippen molar-refractivity contribution in [2.24, 2.45) is 0 Å². The topological polar surface area (TPSA) is 57.0 Å². The Bertz CT molecular complexity index is 867. The number of hydrogen-bond acceptors (Lipinski definition) is 4. The van der Waals surface area contributed by atoms with Crippen LogP contribution >= 0.6 is 0 Å². The first-order valence-electron chi connectivity index (χ1n) is 7.54. The van der Waals surface area contributed by atoms with Crippen LogP contribution in [0.4, 0.5) is 0 Å². The van der Waals surface area contributed by atoms with Crippen molar-refractivity contribution in [1.82, 2.24) is 14.8 Å². The van der Waals surface area contributed by atoms with Crippen LogP contribution in [0, 0.1) is 6.92 Å². The summed E-state index contributed by atoms with van der Waals surface area (Å²) in [4.78, 5) is 16.4. The zero-order valence-corrected chi connectivity index (χ0v) is 13.7. The smallest absolute Gasteiger partial charge is 0.338 e. The van der Waals surface area contributed by atoms with Gasteiger partial charge in [0.1, 0.15) is 0 Å². The van der Waals surface area contributed by atoms with E-state index in [2.05, 4.69) is 30.0 Å². The lowest BCUT2D eigenvalue weighted by Crippen LogP contribution is -2.05. The predicted molar refractivity (Wildman–Crippen MR) is 89.4 cm³/mol. The van der Waals surface area contributed by atoms with E-state index >= 15 is 0 Å². The van der Waals surface area contributed by atoms with Gasteiger partial charge in [-0.3, -0.25) is 9.67 Å². The highest BCUT2D eigenvalue weighted by Crippen LogP contribution is 2.31. The maximum Gasteiger partial charge on any atom is 0.338 e. The number of carbonyl (C=O) groups is 1. The number of fused-ring (bicyclic) bond motifs is 1. The van der Waals surface area contributed by atoms with E-state index in [0.29, 0.717) is 5.56 Å². The maximum atomic E-state index is 12.3. The van der Waals surface area contributed by atoms with Crippen LogP contribution in [0.3, 0.4) is 0 Å². The molecule has 0 saturated carbocycles. The Kier molecular flexibility index (Phi) is 3.86. The Hall–Kier alpha value is -2.69. The minimum absolute atomic E-state index is 0.195. The Labute approximate surface area is 134 Å². The van der Waals surface area contributed by atoms with Crippen LogP contribution in [0.5, 0.6) is 0 Å². The number of methoxy groups -OCH3 is 1.